The molecule has 0 saturated heterocycles. The lowest BCUT2D eigenvalue weighted by molar-refractivity contribution is 0.607. The Bertz CT molecular complexity index is 251. The van der Waals surface area contributed by atoms with Crippen LogP contribution >= 0.6 is 0 Å². The smallest absolute Gasteiger partial charge is 0.0654 e. The molecule has 87 valence electrons. The highest BCUT2D eigenvalue weighted by Crippen LogP contribution is 2.10. The van der Waals surface area contributed by atoms with Crippen molar-refractivity contribution in [2.24, 2.45) is 0 Å². The molecule has 0 unspecified atom stereocenters. The van der Waals surface area contributed by atoms with Crippen LogP contribution in [0.1, 0.15) is 56.6 Å². The zero-order valence-corrected chi connectivity index (χ0v) is 9.97. The molecule has 16 heavy (non-hydrogen) atoms. The van der Waals surface area contributed by atoms with E-state index >= 15 is 0 Å². The first-order chi connectivity index (χ1) is 7.33. The first-order valence-electron chi connectivity index (χ1n) is 6.24. The Morgan fingerprint density at radius 1 is 0.875 bits per heavy atom. The zero-order valence-electron chi connectivity index (χ0n) is 9.97. The quantitative estimate of drug-likeness (QED) is 0.492. The molecule has 0 aliphatic rings. The number of hydrogen-bond donors (Lipinski definition) is 0. The minimum Gasteiger partial charge on any atom is -0.0654 e. The number of benzene rings is 1. The molecule has 1 radical (unpaired) electrons. The van der Waals surface area contributed by atoms with Crippen molar-refractivity contribution in [3.05, 3.63) is 42.3 Å². The standard InChI is InChI=1S/C15H23.Mg.2H/c1-3-4-5-6-7-8-9-15-12-10-14(2)11-13-15;;;/h10-13H,2-9H2,1H3;;;. The molecule has 0 amide bonds. The second kappa shape index (κ2) is 10.2. The van der Waals surface area contributed by atoms with E-state index in [4.69, 9.17) is 0 Å². The van der Waals surface area contributed by atoms with E-state index in [1.165, 1.54) is 50.5 Å². The van der Waals surface area contributed by atoms with Gasteiger partial charge >= 0.3 is 23.1 Å². The van der Waals surface area contributed by atoms with Gasteiger partial charge in [-0.1, -0.05) is 63.3 Å². The van der Waals surface area contributed by atoms with E-state index in [2.05, 4.69) is 38.1 Å². The van der Waals surface area contributed by atoms with E-state index in [-0.39, 0.29) is 23.1 Å². The van der Waals surface area contributed by atoms with Gasteiger partial charge in [-0.3, -0.25) is 0 Å². The van der Waals surface area contributed by atoms with Gasteiger partial charge in [-0.15, -0.1) is 0 Å². The summed E-state index contributed by atoms with van der Waals surface area (Å²) >= 11 is 0. The number of rotatable bonds is 7. The first kappa shape index (κ1) is 16.0. The lowest BCUT2D eigenvalue weighted by Gasteiger charge is -2.02. The maximum absolute atomic E-state index is 3.89. The van der Waals surface area contributed by atoms with Gasteiger partial charge in [0.1, 0.15) is 0 Å². The van der Waals surface area contributed by atoms with E-state index in [1.807, 2.05) is 0 Å². The highest BCUT2D eigenvalue weighted by Gasteiger charge is 1.93. The van der Waals surface area contributed by atoms with Crippen LogP contribution in [0.15, 0.2) is 24.3 Å². The van der Waals surface area contributed by atoms with Crippen molar-refractivity contribution in [2.75, 3.05) is 0 Å². The van der Waals surface area contributed by atoms with E-state index < -0.39 is 0 Å². The Kier molecular flexibility index (Phi) is 10.2. The molecule has 1 aromatic rings. The third-order valence-corrected chi connectivity index (χ3v) is 2.84. The highest BCUT2D eigenvalue weighted by molar-refractivity contribution is 5.75. The molecule has 0 nitrogen and oxygen atoms in total. The summed E-state index contributed by atoms with van der Waals surface area (Å²) in [5.74, 6) is 0. The van der Waals surface area contributed by atoms with E-state index in [1.54, 1.807) is 0 Å². The third-order valence-electron chi connectivity index (χ3n) is 2.84. The number of unbranched alkanes of at least 4 members (excludes halogenated alkanes) is 5. The van der Waals surface area contributed by atoms with Crippen LogP contribution in [0.5, 0.6) is 0 Å². The topological polar surface area (TPSA) is 0 Å². The molecule has 0 aromatic heterocycles. The average Bonchev–Trinajstić information content (AvgIpc) is 2.26. The van der Waals surface area contributed by atoms with Gasteiger partial charge < -0.3 is 0 Å². The van der Waals surface area contributed by atoms with Crippen LogP contribution in [0.4, 0.5) is 0 Å². The molecule has 0 atom stereocenters. The maximum atomic E-state index is 3.89. The molecule has 0 N–H and O–H groups in total. The van der Waals surface area contributed by atoms with Gasteiger partial charge in [0.2, 0.25) is 0 Å². The largest absolute Gasteiger partial charge is 0.316 e. The summed E-state index contributed by atoms with van der Waals surface area (Å²) in [5.41, 5.74) is 2.57. The molecule has 0 fully saturated rings. The minimum absolute atomic E-state index is 0. The fourth-order valence-corrected chi connectivity index (χ4v) is 1.82. The van der Waals surface area contributed by atoms with E-state index in [9.17, 15) is 0 Å². The van der Waals surface area contributed by atoms with Gasteiger partial charge in [-0.05, 0) is 30.9 Å². The second-order valence-electron chi connectivity index (χ2n) is 4.33. The summed E-state index contributed by atoms with van der Waals surface area (Å²) < 4.78 is 0. The predicted octanol–water partition coefficient (Wildman–Crippen LogP) is 3.86. The van der Waals surface area contributed by atoms with Crippen LogP contribution in [-0.2, 0) is 6.42 Å². The van der Waals surface area contributed by atoms with E-state index in [0.717, 1.165) is 5.56 Å². The van der Waals surface area contributed by atoms with Gasteiger partial charge in [-0.25, -0.2) is 0 Å². The lowest BCUT2D eigenvalue weighted by Crippen LogP contribution is -1.86. The Morgan fingerprint density at radius 2 is 1.44 bits per heavy atom. The lowest BCUT2D eigenvalue weighted by atomic mass is 10.0. The van der Waals surface area contributed by atoms with Crippen LogP contribution in [0.25, 0.3) is 0 Å². The SMILES string of the molecule is [CH2]c1ccc(CCCCCCCC)cc1.[MgH2]. The molecule has 1 heteroatoms. The second-order valence-corrected chi connectivity index (χ2v) is 4.33. The fourth-order valence-electron chi connectivity index (χ4n) is 1.82. The summed E-state index contributed by atoms with van der Waals surface area (Å²) in [7, 11) is 0. The van der Waals surface area contributed by atoms with Gasteiger partial charge in [0.05, 0.1) is 0 Å². The summed E-state index contributed by atoms with van der Waals surface area (Å²) in [6.45, 7) is 6.16. The van der Waals surface area contributed by atoms with E-state index in [0.29, 0.717) is 0 Å². The van der Waals surface area contributed by atoms with Gasteiger partial charge in [0.25, 0.3) is 0 Å². The van der Waals surface area contributed by atoms with Crippen molar-refractivity contribution in [3.8, 4) is 0 Å². The summed E-state index contributed by atoms with van der Waals surface area (Å²) in [6.07, 6.45) is 9.50. The maximum Gasteiger partial charge on any atom is 0.316 e. The van der Waals surface area contributed by atoms with Crippen LogP contribution in [0, 0.1) is 6.92 Å². The van der Waals surface area contributed by atoms with Crippen molar-refractivity contribution in [1.29, 1.82) is 0 Å². The van der Waals surface area contributed by atoms with Crippen LogP contribution in [-0.4, -0.2) is 23.1 Å². The molecule has 1 rings (SSSR count). The highest BCUT2D eigenvalue weighted by atomic mass is 24.3. The summed E-state index contributed by atoms with van der Waals surface area (Å²) in [4.78, 5) is 0. The molecule has 0 aliphatic carbocycles. The van der Waals surface area contributed by atoms with Crippen LogP contribution in [0.2, 0.25) is 0 Å². The van der Waals surface area contributed by atoms with Crippen molar-refractivity contribution in [1.82, 2.24) is 0 Å². The Morgan fingerprint density at radius 3 is 2.06 bits per heavy atom. The number of aryl methyl sites for hydroxylation is 1. The summed E-state index contributed by atoms with van der Waals surface area (Å²) in [6, 6.07) is 8.61. The molecule has 0 saturated carbocycles. The average molecular weight is 230 g/mol. The van der Waals surface area contributed by atoms with Crippen LogP contribution < -0.4 is 0 Å². The Balaban J connectivity index is 0.00000225. The van der Waals surface area contributed by atoms with Gasteiger partial charge in [0, 0.05) is 0 Å². The molecular weight excluding hydrogens is 204 g/mol. The van der Waals surface area contributed by atoms with Crippen molar-refractivity contribution < 1.29 is 0 Å². The molecular formula is C15H25Mg. The normalized spacial score (nSPS) is 9.88. The fraction of sp³-hybridized carbons (Fsp3) is 0.533. The van der Waals surface area contributed by atoms with Crippen molar-refractivity contribution >= 4 is 23.1 Å². The molecule has 0 heterocycles. The van der Waals surface area contributed by atoms with Gasteiger partial charge in [-0.2, -0.15) is 0 Å². The van der Waals surface area contributed by atoms with Crippen molar-refractivity contribution in [3.63, 3.8) is 0 Å². The Hall–Kier alpha value is -0.0138. The first-order valence-corrected chi connectivity index (χ1v) is 6.24. The Labute approximate surface area is 117 Å². The molecule has 1 aromatic carbocycles. The molecule has 0 bridgehead atoms. The monoisotopic (exact) mass is 229 g/mol. The summed E-state index contributed by atoms with van der Waals surface area (Å²) in [5, 5.41) is 0. The third kappa shape index (κ3) is 7.29. The minimum atomic E-state index is 0. The predicted molar refractivity (Wildman–Crippen MR) is 76.5 cm³/mol. The number of hydrogen-bond acceptors (Lipinski definition) is 0. The molecule has 0 spiro atoms. The van der Waals surface area contributed by atoms with Gasteiger partial charge in [0.15, 0.2) is 0 Å². The molecule has 0 aliphatic heterocycles. The van der Waals surface area contributed by atoms with Crippen molar-refractivity contribution in [2.45, 2.75) is 51.9 Å². The van der Waals surface area contributed by atoms with Crippen LogP contribution in [0.3, 0.4) is 0 Å². The zero-order chi connectivity index (χ0) is 10.9.